The Bertz CT molecular complexity index is 269. The van der Waals surface area contributed by atoms with Gasteiger partial charge >= 0.3 is 0 Å². The Labute approximate surface area is 100 Å². The summed E-state index contributed by atoms with van der Waals surface area (Å²) < 4.78 is 0. The molecular weight excluding hydrogens is 228 g/mol. The lowest BCUT2D eigenvalue weighted by Crippen LogP contribution is -2.58. The van der Waals surface area contributed by atoms with E-state index in [1.165, 1.54) is 6.92 Å². The lowest BCUT2D eigenvalue weighted by atomic mass is 10.0. The molecule has 1 fully saturated rings. The molecular formula is C10H20N2O3S. The quantitative estimate of drug-likeness (QED) is 0.592. The summed E-state index contributed by atoms with van der Waals surface area (Å²) in [5.41, 5.74) is -0.274. The second-order valence-corrected chi connectivity index (χ2v) is 6.09. The second-order valence-electron chi connectivity index (χ2n) is 4.74. The first kappa shape index (κ1) is 13.8. The molecule has 1 aliphatic rings. The fraction of sp³-hybridized carbons (Fsp3) is 0.900. The molecule has 0 aromatic carbocycles. The second kappa shape index (κ2) is 4.91. The zero-order chi connectivity index (χ0) is 12.4. The maximum absolute atomic E-state index is 10.9. The van der Waals surface area contributed by atoms with Crippen LogP contribution >= 0.6 is 11.8 Å². The molecule has 1 aliphatic heterocycles. The van der Waals surface area contributed by atoms with E-state index in [0.717, 1.165) is 18.3 Å². The third kappa shape index (κ3) is 3.93. The van der Waals surface area contributed by atoms with Crippen molar-refractivity contribution < 1.29 is 15.0 Å². The Morgan fingerprint density at radius 1 is 1.56 bits per heavy atom. The Kier molecular flexibility index (Phi) is 4.23. The Balaban J connectivity index is 2.57. The van der Waals surface area contributed by atoms with Crippen molar-refractivity contribution in [2.24, 2.45) is 0 Å². The van der Waals surface area contributed by atoms with E-state index in [9.17, 15) is 15.0 Å². The number of aliphatic hydroxyl groups is 2. The lowest BCUT2D eigenvalue weighted by Gasteiger charge is -2.44. The van der Waals surface area contributed by atoms with Crippen molar-refractivity contribution in [2.45, 2.75) is 31.4 Å². The maximum Gasteiger partial charge on any atom is 0.226 e. The molecule has 0 atom stereocenters. The molecule has 0 bridgehead atoms. The summed E-state index contributed by atoms with van der Waals surface area (Å²) in [7, 11) is 0. The van der Waals surface area contributed by atoms with Gasteiger partial charge in [-0.3, -0.25) is 9.69 Å². The van der Waals surface area contributed by atoms with Gasteiger partial charge in [0.25, 0.3) is 0 Å². The number of hydrogen-bond acceptors (Lipinski definition) is 5. The molecule has 6 heteroatoms. The van der Waals surface area contributed by atoms with Crippen molar-refractivity contribution in [1.82, 2.24) is 10.2 Å². The number of thioether (sulfide) groups is 1. The molecule has 0 unspecified atom stereocenters. The van der Waals surface area contributed by atoms with Crippen LogP contribution in [0.5, 0.6) is 0 Å². The number of carbonyl (C=O) groups is 1. The average molecular weight is 248 g/mol. The fourth-order valence-electron chi connectivity index (χ4n) is 1.66. The number of β-amino-alcohol motifs (C(OH)–C–C–N with tert-alkyl or cyclic N) is 2. The van der Waals surface area contributed by atoms with Crippen LogP contribution in [-0.2, 0) is 4.79 Å². The summed E-state index contributed by atoms with van der Waals surface area (Å²) in [5, 5.41) is 20.2. The number of nitrogens with zero attached hydrogens (tertiary/aromatic N) is 1. The number of nitrogens with one attached hydrogen (secondary N) is 1. The van der Waals surface area contributed by atoms with Gasteiger partial charge in [0.15, 0.2) is 0 Å². The monoisotopic (exact) mass is 248 g/mol. The summed E-state index contributed by atoms with van der Waals surface area (Å²) in [6.45, 7) is 6.93. The molecule has 0 aromatic heterocycles. The van der Waals surface area contributed by atoms with Crippen LogP contribution in [0, 0.1) is 0 Å². The summed E-state index contributed by atoms with van der Waals surface area (Å²) in [4.78, 5) is 12.9. The standard InChI is InChI=1S/C10H20N2O3S/c1-8(13)11-6-9(2,3)12-4-5-16-10(14,15)7-12/h14-15H,4-7H2,1-3H3,(H,11,13). The molecule has 0 aromatic rings. The van der Waals surface area contributed by atoms with E-state index in [1.54, 1.807) is 0 Å². The van der Waals surface area contributed by atoms with Crippen LogP contribution in [0.4, 0.5) is 0 Å². The Hall–Kier alpha value is -0.300. The molecule has 1 saturated heterocycles. The first-order valence-corrected chi connectivity index (χ1v) is 6.30. The molecule has 3 N–H and O–H groups in total. The van der Waals surface area contributed by atoms with Crippen LogP contribution in [-0.4, -0.2) is 57.1 Å². The predicted octanol–water partition coefficient (Wildman–Crippen LogP) is -0.412. The SMILES string of the molecule is CC(=O)NCC(C)(C)N1CCSC(O)(O)C1. The van der Waals surface area contributed by atoms with Crippen molar-refractivity contribution in [1.29, 1.82) is 0 Å². The molecule has 0 radical (unpaired) electrons. The molecule has 5 nitrogen and oxygen atoms in total. The van der Waals surface area contributed by atoms with Gasteiger partial charge in [0.2, 0.25) is 11.0 Å². The highest BCUT2D eigenvalue weighted by molar-refractivity contribution is 8.00. The van der Waals surface area contributed by atoms with Crippen LogP contribution in [0.3, 0.4) is 0 Å². The summed E-state index contributed by atoms with van der Waals surface area (Å²) >= 11 is 1.15. The van der Waals surface area contributed by atoms with Crippen molar-refractivity contribution in [2.75, 3.05) is 25.4 Å². The minimum atomic E-state index is -1.67. The highest BCUT2D eigenvalue weighted by Crippen LogP contribution is 2.29. The number of carbonyl (C=O) groups excluding carboxylic acids is 1. The normalized spacial score (nSPS) is 21.8. The largest absolute Gasteiger partial charge is 0.356 e. The molecule has 1 amide bonds. The van der Waals surface area contributed by atoms with E-state index < -0.39 is 5.12 Å². The highest BCUT2D eigenvalue weighted by atomic mass is 32.2. The minimum Gasteiger partial charge on any atom is -0.356 e. The number of amides is 1. The van der Waals surface area contributed by atoms with E-state index in [2.05, 4.69) is 5.32 Å². The Morgan fingerprint density at radius 2 is 2.19 bits per heavy atom. The third-order valence-electron chi connectivity index (χ3n) is 2.72. The van der Waals surface area contributed by atoms with Gasteiger partial charge in [-0.1, -0.05) is 11.8 Å². The van der Waals surface area contributed by atoms with Gasteiger partial charge in [-0.05, 0) is 13.8 Å². The predicted molar refractivity (Wildman–Crippen MR) is 64.0 cm³/mol. The third-order valence-corrected chi connectivity index (χ3v) is 3.70. The molecule has 94 valence electrons. The first-order valence-electron chi connectivity index (χ1n) is 5.31. The van der Waals surface area contributed by atoms with Crippen LogP contribution < -0.4 is 5.32 Å². The minimum absolute atomic E-state index is 0.0706. The van der Waals surface area contributed by atoms with Gasteiger partial charge in [-0.15, -0.1) is 0 Å². The van der Waals surface area contributed by atoms with E-state index in [1.807, 2.05) is 18.7 Å². The average Bonchev–Trinajstić information content (AvgIpc) is 2.13. The van der Waals surface area contributed by atoms with Gasteiger partial charge in [-0.25, -0.2) is 0 Å². The summed E-state index contributed by atoms with van der Waals surface area (Å²) in [6, 6.07) is 0. The summed E-state index contributed by atoms with van der Waals surface area (Å²) in [5.74, 6) is 0.606. The van der Waals surface area contributed by atoms with Gasteiger partial charge < -0.3 is 15.5 Å². The molecule has 0 spiro atoms. The zero-order valence-corrected chi connectivity index (χ0v) is 10.8. The van der Waals surface area contributed by atoms with E-state index >= 15 is 0 Å². The first-order chi connectivity index (χ1) is 7.23. The molecule has 0 saturated carbocycles. The van der Waals surface area contributed by atoms with Crippen LogP contribution in [0.25, 0.3) is 0 Å². The van der Waals surface area contributed by atoms with Crippen molar-refractivity contribution >= 4 is 17.7 Å². The fourth-order valence-corrected chi connectivity index (χ4v) is 2.55. The Morgan fingerprint density at radius 3 is 2.69 bits per heavy atom. The lowest BCUT2D eigenvalue weighted by molar-refractivity contribution is -0.121. The van der Waals surface area contributed by atoms with E-state index in [-0.39, 0.29) is 18.0 Å². The van der Waals surface area contributed by atoms with Crippen molar-refractivity contribution in [3.8, 4) is 0 Å². The molecule has 1 rings (SSSR count). The van der Waals surface area contributed by atoms with Crippen LogP contribution in [0.2, 0.25) is 0 Å². The van der Waals surface area contributed by atoms with Gasteiger partial charge in [0.05, 0.1) is 6.54 Å². The van der Waals surface area contributed by atoms with Gasteiger partial charge in [-0.2, -0.15) is 0 Å². The zero-order valence-electron chi connectivity index (χ0n) is 9.99. The molecule has 0 aliphatic carbocycles. The smallest absolute Gasteiger partial charge is 0.226 e. The van der Waals surface area contributed by atoms with Crippen LogP contribution in [0.15, 0.2) is 0 Å². The molecule has 16 heavy (non-hydrogen) atoms. The highest BCUT2D eigenvalue weighted by Gasteiger charge is 2.38. The van der Waals surface area contributed by atoms with Crippen LogP contribution in [0.1, 0.15) is 20.8 Å². The maximum atomic E-state index is 10.9. The van der Waals surface area contributed by atoms with E-state index in [0.29, 0.717) is 12.3 Å². The number of rotatable bonds is 3. The van der Waals surface area contributed by atoms with Crippen molar-refractivity contribution in [3.63, 3.8) is 0 Å². The summed E-state index contributed by atoms with van der Waals surface area (Å²) in [6.07, 6.45) is 0. The topological polar surface area (TPSA) is 72.8 Å². The number of hydrogen-bond donors (Lipinski definition) is 3. The van der Waals surface area contributed by atoms with E-state index in [4.69, 9.17) is 0 Å². The molecule has 1 heterocycles. The van der Waals surface area contributed by atoms with Crippen molar-refractivity contribution in [3.05, 3.63) is 0 Å². The van der Waals surface area contributed by atoms with Gasteiger partial charge in [0, 0.05) is 31.3 Å². The van der Waals surface area contributed by atoms with Gasteiger partial charge in [0.1, 0.15) is 0 Å².